The van der Waals surface area contributed by atoms with Crippen molar-refractivity contribution in [1.82, 2.24) is 4.98 Å². The smallest absolute Gasteiger partial charge is 0.358 e. The van der Waals surface area contributed by atoms with E-state index in [1.807, 2.05) is 0 Å². The summed E-state index contributed by atoms with van der Waals surface area (Å²) in [6.45, 7) is 0. The molecule has 0 saturated carbocycles. The summed E-state index contributed by atoms with van der Waals surface area (Å²) in [5.74, 6) is -0.422. The van der Waals surface area contributed by atoms with E-state index in [1.54, 1.807) is 22.6 Å². The second-order valence-electron chi connectivity index (χ2n) is 2.12. The molecule has 0 bridgehead atoms. The maximum absolute atomic E-state index is 12.1. The largest absolute Gasteiger partial charge is 0.364 e. The molecule has 0 unspecified atom stereocenters. The van der Waals surface area contributed by atoms with Gasteiger partial charge in [-0.05, 0) is 32.5 Å². The Balaban J connectivity index is 3.13. The van der Waals surface area contributed by atoms with Crippen LogP contribution in [0.15, 0.2) is 12.3 Å². The fraction of sp³-hybridized carbons (Fsp3) is 0.167. The molecule has 0 saturated heterocycles. The Hall–Kier alpha value is -0.860. The van der Waals surface area contributed by atoms with E-state index in [1.165, 1.54) is 0 Å². The zero-order chi connectivity index (χ0) is 10.0. The van der Waals surface area contributed by atoms with Crippen molar-refractivity contribution in [2.24, 2.45) is 0 Å². The molecule has 70 valence electrons. The number of hydrogen-bond acceptors (Lipinski definition) is 3. The minimum absolute atomic E-state index is 0.148. The summed E-state index contributed by atoms with van der Waals surface area (Å²) < 4.78 is 24.4. The molecule has 0 fully saturated rings. The SMILES string of the molecule is O=[N+]([O-])c1cc(I)c(C(F)F)cn1. The van der Waals surface area contributed by atoms with Gasteiger partial charge < -0.3 is 10.1 Å². The summed E-state index contributed by atoms with van der Waals surface area (Å²) in [6, 6.07) is 1.02. The van der Waals surface area contributed by atoms with E-state index in [0.717, 1.165) is 12.3 Å². The molecule has 4 nitrogen and oxygen atoms in total. The third kappa shape index (κ3) is 2.29. The van der Waals surface area contributed by atoms with E-state index in [2.05, 4.69) is 4.98 Å². The number of aromatic nitrogens is 1. The number of nitro groups is 1. The van der Waals surface area contributed by atoms with Crippen LogP contribution in [0, 0.1) is 13.7 Å². The Morgan fingerprint density at radius 1 is 1.62 bits per heavy atom. The van der Waals surface area contributed by atoms with E-state index in [9.17, 15) is 18.9 Å². The highest BCUT2D eigenvalue weighted by Gasteiger charge is 2.17. The van der Waals surface area contributed by atoms with Gasteiger partial charge in [-0.3, -0.25) is 0 Å². The number of halogens is 3. The van der Waals surface area contributed by atoms with Gasteiger partial charge in [0.05, 0.1) is 5.56 Å². The summed E-state index contributed by atoms with van der Waals surface area (Å²) in [5.41, 5.74) is -0.286. The predicted molar refractivity (Wildman–Crippen MR) is 48.6 cm³/mol. The fourth-order valence-corrected chi connectivity index (χ4v) is 1.34. The third-order valence-corrected chi connectivity index (χ3v) is 2.22. The van der Waals surface area contributed by atoms with Crippen molar-refractivity contribution in [1.29, 1.82) is 0 Å². The van der Waals surface area contributed by atoms with Crippen LogP contribution in [-0.4, -0.2) is 9.91 Å². The molecule has 0 aliphatic heterocycles. The monoisotopic (exact) mass is 300 g/mol. The zero-order valence-corrected chi connectivity index (χ0v) is 8.23. The van der Waals surface area contributed by atoms with Gasteiger partial charge in [0, 0.05) is 9.64 Å². The van der Waals surface area contributed by atoms with Crippen molar-refractivity contribution >= 4 is 28.4 Å². The van der Waals surface area contributed by atoms with E-state index in [4.69, 9.17) is 0 Å². The van der Waals surface area contributed by atoms with Crippen LogP contribution in [0.1, 0.15) is 12.0 Å². The number of hydrogen-bond donors (Lipinski definition) is 0. The lowest BCUT2D eigenvalue weighted by Gasteiger charge is -1.99. The Labute approximate surface area is 85.3 Å². The van der Waals surface area contributed by atoms with Crippen LogP contribution >= 0.6 is 22.6 Å². The molecule has 1 aromatic heterocycles. The first-order valence-corrected chi connectivity index (χ1v) is 4.18. The normalized spacial score (nSPS) is 10.5. The zero-order valence-electron chi connectivity index (χ0n) is 6.08. The quantitative estimate of drug-likeness (QED) is 0.479. The molecule has 1 heterocycles. The summed E-state index contributed by atoms with van der Waals surface area (Å²) in [7, 11) is 0. The number of pyridine rings is 1. The molecule has 13 heavy (non-hydrogen) atoms. The molecule has 0 amide bonds. The lowest BCUT2D eigenvalue weighted by molar-refractivity contribution is -0.389. The van der Waals surface area contributed by atoms with Crippen LogP contribution in [0.2, 0.25) is 0 Å². The van der Waals surface area contributed by atoms with Crippen molar-refractivity contribution in [3.63, 3.8) is 0 Å². The van der Waals surface area contributed by atoms with Gasteiger partial charge in [-0.15, -0.1) is 0 Å². The average molecular weight is 300 g/mol. The van der Waals surface area contributed by atoms with Crippen LogP contribution in [-0.2, 0) is 0 Å². The van der Waals surface area contributed by atoms with Gasteiger partial charge in [0.15, 0.2) is 0 Å². The molecule has 0 radical (unpaired) electrons. The number of alkyl halides is 2. The first-order chi connectivity index (χ1) is 6.02. The average Bonchev–Trinajstić information content (AvgIpc) is 2.03. The lowest BCUT2D eigenvalue weighted by atomic mass is 10.3. The van der Waals surface area contributed by atoms with Gasteiger partial charge in [0.2, 0.25) is 0 Å². The van der Waals surface area contributed by atoms with Gasteiger partial charge in [-0.1, -0.05) is 0 Å². The molecule has 0 aliphatic carbocycles. The summed E-state index contributed by atoms with van der Waals surface area (Å²) in [4.78, 5) is 12.7. The second-order valence-corrected chi connectivity index (χ2v) is 3.28. The molecule has 7 heteroatoms. The first kappa shape index (κ1) is 10.2. The van der Waals surface area contributed by atoms with E-state index < -0.39 is 17.2 Å². The topological polar surface area (TPSA) is 56.0 Å². The van der Waals surface area contributed by atoms with E-state index in [0.29, 0.717) is 0 Å². The van der Waals surface area contributed by atoms with Crippen molar-refractivity contribution in [2.75, 3.05) is 0 Å². The van der Waals surface area contributed by atoms with Gasteiger partial charge in [-0.2, -0.15) is 0 Å². The van der Waals surface area contributed by atoms with Crippen molar-refractivity contribution < 1.29 is 13.7 Å². The predicted octanol–water partition coefficient (Wildman–Crippen LogP) is 2.53. The minimum Gasteiger partial charge on any atom is -0.358 e. The Morgan fingerprint density at radius 3 is 2.62 bits per heavy atom. The summed E-state index contributed by atoms with van der Waals surface area (Å²) in [6.07, 6.45) is -1.83. The van der Waals surface area contributed by atoms with Gasteiger partial charge in [0.1, 0.15) is 6.20 Å². The van der Waals surface area contributed by atoms with Crippen LogP contribution in [0.5, 0.6) is 0 Å². The van der Waals surface area contributed by atoms with Gasteiger partial charge >= 0.3 is 5.82 Å². The highest BCUT2D eigenvalue weighted by atomic mass is 127. The second kappa shape index (κ2) is 3.90. The van der Waals surface area contributed by atoms with Crippen LogP contribution in [0.3, 0.4) is 0 Å². The maximum atomic E-state index is 12.1. The van der Waals surface area contributed by atoms with E-state index >= 15 is 0 Å². The Bertz CT molecular complexity index is 345. The highest BCUT2D eigenvalue weighted by Crippen LogP contribution is 2.25. The van der Waals surface area contributed by atoms with Crippen LogP contribution in [0.25, 0.3) is 0 Å². The van der Waals surface area contributed by atoms with Crippen molar-refractivity contribution in [3.8, 4) is 0 Å². The Morgan fingerprint density at radius 2 is 2.23 bits per heavy atom. The van der Waals surface area contributed by atoms with Gasteiger partial charge in [-0.25, -0.2) is 8.78 Å². The molecular weight excluding hydrogens is 297 g/mol. The molecule has 1 aromatic rings. The first-order valence-electron chi connectivity index (χ1n) is 3.10. The molecule has 0 N–H and O–H groups in total. The standard InChI is InChI=1S/C6H3F2IN2O2/c7-6(8)3-2-10-5(11(12)13)1-4(3)9/h1-2,6H. The van der Waals surface area contributed by atoms with Crippen molar-refractivity contribution in [2.45, 2.75) is 6.43 Å². The molecule has 0 atom stereocenters. The fourth-order valence-electron chi connectivity index (χ4n) is 0.692. The molecular formula is C6H3F2IN2O2. The molecule has 0 aromatic carbocycles. The summed E-state index contributed by atoms with van der Waals surface area (Å²) >= 11 is 1.61. The molecule has 1 rings (SSSR count). The minimum atomic E-state index is -2.65. The third-order valence-electron chi connectivity index (χ3n) is 1.29. The molecule has 0 aliphatic rings. The van der Waals surface area contributed by atoms with Crippen LogP contribution in [0.4, 0.5) is 14.6 Å². The highest BCUT2D eigenvalue weighted by molar-refractivity contribution is 14.1. The van der Waals surface area contributed by atoms with E-state index in [-0.39, 0.29) is 9.13 Å². The summed E-state index contributed by atoms with van der Waals surface area (Å²) in [5, 5.41) is 10.2. The molecule has 0 spiro atoms. The lowest BCUT2D eigenvalue weighted by Crippen LogP contribution is -1.96. The number of nitrogens with zero attached hydrogens (tertiary/aromatic N) is 2. The number of rotatable bonds is 2. The van der Waals surface area contributed by atoms with Crippen molar-refractivity contribution in [3.05, 3.63) is 31.5 Å². The van der Waals surface area contributed by atoms with Crippen LogP contribution < -0.4 is 0 Å². The Kier molecular flexibility index (Phi) is 3.07. The van der Waals surface area contributed by atoms with Gasteiger partial charge in [0.25, 0.3) is 6.43 Å². The maximum Gasteiger partial charge on any atom is 0.364 e.